The van der Waals surface area contributed by atoms with E-state index in [1.807, 2.05) is 41.8 Å². The Morgan fingerprint density at radius 2 is 1.94 bits per heavy atom. The maximum atomic E-state index is 12.9. The monoisotopic (exact) mass is 520 g/mol. The number of carbonyl (C=O) groups excluding carboxylic acids is 1. The normalized spacial score (nSPS) is 14.2. The first-order chi connectivity index (χ1) is 17.1. The van der Waals surface area contributed by atoms with Gasteiger partial charge in [0.1, 0.15) is 24.0 Å². The summed E-state index contributed by atoms with van der Waals surface area (Å²) in [5.41, 5.74) is 3.76. The largest absolute Gasteiger partial charge is 0.356 e. The maximum Gasteiger partial charge on any atom is 0.256 e. The van der Waals surface area contributed by atoms with Crippen LogP contribution in [0.1, 0.15) is 27.8 Å². The molecule has 3 aromatic heterocycles. The molecule has 0 spiro atoms. The van der Waals surface area contributed by atoms with E-state index in [1.165, 1.54) is 6.33 Å². The van der Waals surface area contributed by atoms with Crippen LogP contribution in [-0.2, 0) is 0 Å². The Morgan fingerprint density at radius 3 is 2.74 bits per heavy atom. The van der Waals surface area contributed by atoms with Gasteiger partial charge in [0.15, 0.2) is 0 Å². The second-order valence-electron chi connectivity index (χ2n) is 8.17. The number of aromatic amines is 1. The third kappa shape index (κ3) is 4.14. The number of thiophene rings is 1. The highest BCUT2D eigenvalue weighted by molar-refractivity contribution is 7.08. The second kappa shape index (κ2) is 8.96. The van der Waals surface area contributed by atoms with E-state index in [-0.39, 0.29) is 11.9 Å². The fraction of sp³-hybridized carbons (Fsp3) is 0.120. The molecule has 0 saturated heterocycles. The van der Waals surface area contributed by atoms with Crippen molar-refractivity contribution < 1.29 is 4.79 Å². The van der Waals surface area contributed by atoms with Crippen molar-refractivity contribution in [3.8, 4) is 0 Å². The molecule has 7 nitrogen and oxygen atoms in total. The summed E-state index contributed by atoms with van der Waals surface area (Å²) in [6, 6.07) is 10.8. The van der Waals surface area contributed by atoms with Crippen LogP contribution in [0.4, 0.5) is 5.82 Å². The molecule has 2 N–H and O–H groups in total. The van der Waals surface area contributed by atoms with Crippen molar-refractivity contribution >= 4 is 68.2 Å². The lowest BCUT2D eigenvalue weighted by molar-refractivity contribution is 0.0800. The van der Waals surface area contributed by atoms with E-state index in [9.17, 15) is 4.79 Å². The maximum absolute atomic E-state index is 12.9. The zero-order chi connectivity index (χ0) is 23.9. The molecule has 0 fully saturated rings. The summed E-state index contributed by atoms with van der Waals surface area (Å²) >= 11 is 14.4. The first-order valence-corrected chi connectivity index (χ1v) is 12.6. The number of nitrogens with one attached hydrogen (secondary N) is 2. The number of rotatable bonds is 5. The van der Waals surface area contributed by atoms with Crippen molar-refractivity contribution in [2.45, 2.75) is 6.04 Å². The molecule has 2 aromatic carbocycles. The summed E-state index contributed by atoms with van der Waals surface area (Å²) in [4.78, 5) is 31.8. The second-order valence-corrected chi connectivity index (χ2v) is 9.79. The van der Waals surface area contributed by atoms with E-state index in [0.29, 0.717) is 45.4 Å². The van der Waals surface area contributed by atoms with Gasteiger partial charge in [0, 0.05) is 23.5 Å². The highest BCUT2D eigenvalue weighted by Crippen LogP contribution is 2.33. The van der Waals surface area contributed by atoms with Gasteiger partial charge in [-0.3, -0.25) is 4.79 Å². The number of benzene rings is 2. The van der Waals surface area contributed by atoms with Gasteiger partial charge in [-0.2, -0.15) is 11.3 Å². The minimum Gasteiger partial charge on any atom is -0.356 e. The van der Waals surface area contributed by atoms with Gasteiger partial charge in [-0.15, -0.1) is 0 Å². The summed E-state index contributed by atoms with van der Waals surface area (Å²) in [5.74, 6) is 1.20. The number of amides is 1. The Balaban J connectivity index is 1.40. The first kappa shape index (κ1) is 22.0. The van der Waals surface area contributed by atoms with Crippen LogP contribution in [0.25, 0.3) is 21.9 Å². The van der Waals surface area contributed by atoms with Crippen LogP contribution < -0.4 is 5.32 Å². The number of hydrogen-bond acceptors (Lipinski definition) is 6. The van der Waals surface area contributed by atoms with Crippen molar-refractivity contribution in [3.05, 3.63) is 92.6 Å². The number of nitrogens with zero attached hydrogens (tertiary/aromatic N) is 4. The Bertz CT molecular complexity index is 1590. The fourth-order valence-electron chi connectivity index (χ4n) is 4.19. The molecule has 1 atom stereocenters. The molecule has 1 unspecified atom stereocenters. The van der Waals surface area contributed by atoms with Gasteiger partial charge < -0.3 is 15.2 Å². The Kier molecular flexibility index (Phi) is 5.64. The predicted molar refractivity (Wildman–Crippen MR) is 140 cm³/mol. The highest BCUT2D eigenvalue weighted by atomic mass is 35.5. The first-order valence-electron chi connectivity index (χ1n) is 10.9. The van der Waals surface area contributed by atoms with Crippen LogP contribution in [0.15, 0.2) is 65.6 Å². The van der Waals surface area contributed by atoms with E-state index >= 15 is 0 Å². The van der Waals surface area contributed by atoms with E-state index in [2.05, 4.69) is 25.6 Å². The zero-order valence-corrected chi connectivity index (χ0v) is 20.5. The van der Waals surface area contributed by atoms with Crippen molar-refractivity contribution in [2.75, 3.05) is 18.4 Å². The smallest absolute Gasteiger partial charge is 0.256 e. The summed E-state index contributed by atoms with van der Waals surface area (Å²) in [6.07, 6.45) is 5.41. The number of halogens is 2. The van der Waals surface area contributed by atoms with Crippen molar-refractivity contribution in [1.29, 1.82) is 0 Å². The molecule has 4 heterocycles. The van der Waals surface area contributed by atoms with Crippen molar-refractivity contribution in [3.63, 3.8) is 0 Å². The number of anilines is 1. The van der Waals surface area contributed by atoms with Gasteiger partial charge in [-0.05, 0) is 52.7 Å². The average Bonchev–Trinajstić information content (AvgIpc) is 3.63. The quantitative estimate of drug-likeness (QED) is 0.274. The highest BCUT2D eigenvalue weighted by Gasteiger charge is 2.23. The molecular formula is C25H18Cl2N6OS. The molecule has 0 saturated carbocycles. The number of fused-ring (bicyclic) bond motifs is 2. The lowest BCUT2D eigenvalue weighted by Gasteiger charge is -2.19. The van der Waals surface area contributed by atoms with Gasteiger partial charge in [0.05, 0.1) is 27.1 Å². The molecule has 1 aliphatic heterocycles. The molecule has 174 valence electrons. The lowest BCUT2D eigenvalue weighted by Crippen LogP contribution is -2.28. The summed E-state index contributed by atoms with van der Waals surface area (Å²) in [5, 5.41) is 9.30. The van der Waals surface area contributed by atoms with E-state index < -0.39 is 0 Å². The topological polar surface area (TPSA) is 86.8 Å². The summed E-state index contributed by atoms with van der Waals surface area (Å²) in [6.45, 7) is 1.16. The van der Waals surface area contributed by atoms with Gasteiger partial charge in [-0.25, -0.2) is 15.0 Å². The third-order valence-electron chi connectivity index (χ3n) is 5.95. The van der Waals surface area contributed by atoms with E-state index in [1.54, 1.807) is 28.4 Å². The lowest BCUT2D eigenvalue weighted by atomic mass is 10.1. The number of imidazole rings is 1. The van der Waals surface area contributed by atoms with Crippen LogP contribution in [0.3, 0.4) is 0 Å². The van der Waals surface area contributed by atoms with Crippen LogP contribution in [-0.4, -0.2) is 43.8 Å². The van der Waals surface area contributed by atoms with Gasteiger partial charge in [0.2, 0.25) is 0 Å². The molecule has 0 aliphatic carbocycles. The summed E-state index contributed by atoms with van der Waals surface area (Å²) < 4.78 is 0. The molecule has 0 bridgehead atoms. The number of hydrogen-bond donors (Lipinski definition) is 2. The average molecular weight is 521 g/mol. The molecule has 10 heteroatoms. The Labute approximate surface area is 214 Å². The Morgan fingerprint density at radius 1 is 1.09 bits per heavy atom. The number of H-pyrrole nitrogens is 1. The zero-order valence-electron chi connectivity index (χ0n) is 18.2. The molecule has 1 aliphatic rings. The van der Waals surface area contributed by atoms with Crippen LogP contribution in [0.2, 0.25) is 10.0 Å². The fourth-order valence-corrected chi connectivity index (χ4v) is 5.29. The molecule has 35 heavy (non-hydrogen) atoms. The molecule has 1 amide bonds. The van der Waals surface area contributed by atoms with Gasteiger partial charge in [-0.1, -0.05) is 35.4 Å². The number of aromatic nitrogens is 4. The molecule has 6 rings (SSSR count). The predicted octanol–water partition coefficient (Wildman–Crippen LogP) is 6.09. The minimum atomic E-state index is -0.304. The molecular weight excluding hydrogens is 503 g/mol. The third-order valence-corrected chi connectivity index (χ3v) is 7.20. The van der Waals surface area contributed by atoms with Crippen molar-refractivity contribution in [2.24, 2.45) is 0 Å². The molecule has 5 aromatic rings. The van der Waals surface area contributed by atoms with Crippen molar-refractivity contribution in [1.82, 2.24) is 24.8 Å². The van der Waals surface area contributed by atoms with Crippen LogP contribution >= 0.6 is 34.5 Å². The Hall–Kier alpha value is -3.46. The van der Waals surface area contributed by atoms with Crippen LogP contribution in [0, 0.1) is 0 Å². The SMILES string of the molecule is O=C(c1cc2ncnc(NC(c3ccsc3)c3nc4cc(Cl)ccc4[nH]3)c2cc1Cl)N1CC=CC1. The summed E-state index contributed by atoms with van der Waals surface area (Å²) in [7, 11) is 0. The van der Waals surface area contributed by atoms with Crippen LogP contribution in [0.5, 0.6) is 0 Å². The van der Waals surface area contributed by atoms with E-state index in [4.69, 9.17) is 28.2 Å². The molecule has 0 radical (unpaired) electrons. The standard InChI is InChI=1S/C25H18Cl2N6OS/c26-15-3-4-19-21(9-15)31-24(30-19)22(14-5-8-35-12-14)32-23-17-10-18(27)16(11-20(17)28-13-29-23)25(34)33-6-1-2-7-33/h1-5,8-13,22H,6-7H2,(H,30,31)(H,28,29,32). The minimum absolute atomic E-state index is 0.118. The van der Waals surface area contributed by atoms with E-state index in [0.717, 1.165) is 22.4 Å². The van der Waals surface area contributed by atoms with Gasteiger partial charge in [0.25, 0.3) is 5.91 Å². The van der Waals surface area contributed by atoms with Gasteiger partial charge >= 0.3 is 0 Å². The number of carbonyl (C=O) groups is 1.